The van der Waals surface area contributed by atoms with Crippen LogP contribution < -0.4 is 0 Å². The van der Waals surface area contributed by atoms with Crippen LogP contribution in [0.2, 0.25) is 0 Å². The van der Waals surface area contributed by atoms with Gasteiger partial charge in [0.1, 0.15) is 10.9 Å². The lowest BCUT2D eigenvalue weighted by molar-refractivity contribution is 0.0885. The minimum Gasteiger partial charge on any atom is -0.268 e. The van der Waals surface area contributed by atoms with Gasteiger partial charge in [-0.15, -0.1) is 11.6 Å². The summed E-state index contributed by atoms with van der Waals surface area (Å²) in [4.78, 5) is 11.8. The number of sulfonamides is 1. The topological polar surface area (TPSA) is 54.5 Å². The van der Waals surface area contributed by atoms with Gasteiger partial charge in [0.15, 0.2) is 0 Å². The molecule has 0 aliphatic carbocycles. The van der Waals surface area contributed by atoms with Crippen molar-refractivity contribution in [3.8, 4) is 0 Å². The van der Waals surface area contributed by atoms with Crippen molar-refractivity contribution >= 4 is 27.5 Å². The van der Waals surface area contributed by atoms with Gasteiger partial charge in [-0.2, -0.15) is 0 Å². The number of amides is 1. The molecule has 0 bridgehead atoms. The molecular weight excluding hydrogens is 238 g/mol. The molecule has 1 aliphatic rings. The summed E-state index contributed by atoms with van der Waals surface area (Å²) in [6.45, 7) is 1.70. The summed E-state index contributed by atoms with van der Waals surface area (Å²) in [5, 5.41) is 0. The van der Waals surface area contributed by atoms with Crippen molar-refractivity contribution in [1.82, 2.24) is 4.31 Å². The van der Waals surface area contributed by atoms with Crippen LogP contribution >= 0.6 is 11.6 Å². The molecule has 0 saturated carbocycles. The predicted octanol–water partition coefficient (Wildman–Crippen LogP) is 1.34. The standard InChI is InChI=1S/C9H8ClNO3S/c1-6-3-2-4-7-8(6)9(12)11(5-10)15(7,13)14/h2-4H,5H2,1H3. The van der Waals surface area contributed by atoms with Gasteiger partial charge in [0.05, 0.1) is 5.56 Å². The summed E-state index contributed by atoms with van der Waals surface area (Å²) in [6, 6.07) is 4.37. The van der Waals surface area contributed by atoms with Gasteiger partial charge in [0, 0.05) is 0 Å². The first-order valence-corrected chi connectivity index (χ1v) is 6.20. The number of hydrogen-bond donors (Lipinski definition) is 0. The van der Waals surface area contributed by atoms with Crippen molar-refractivity contribution in [2.75, 3.05) is 6.00 Å². The highest BCUT2D eigenvalue weighted by Crippen LogP contribution is 2.32. The predicted molar refractivity (Wildman–Crippen MR) is 55.3 cm³/mol. The SMILES string of the molecule is Cc1cccc2c1C(=O)N(CCl)S2(=O)=O. The van der Waals surface area contributed by atoms with Crippen LogP contribution in [0.1, 0.15) is 15.9 Å². The van der Waals surface area contributed by atoms with Crippen LogP contribution in [0.25, 0.3) is 0 Å². The van der Waals surface area contributed by atoms with E-state index >= 15 is 0 Å². The number of alkyl halides is 1. The maximum absolute atomic E-state index is 11.8. The molecule has 1 aliphatic heterocycles. The summed E-state index contributed by atoms with van der Waals surface area (Å²) in [5.74, 6) is -0.543. The van der Waals surface area contributed by atoms with Crippen molar-refractivity contribution in [3.63, 3.8) is 0 Å². The number of aryl methyl sites for hydroxylation is 1. The zero-order valence-electron chi connectivity index (χ0n) is 7.90. The number of carbonyl (C=O) groups is 1. The third-order valence-corrected chi connectivity index (χ3v) is 4.50. The highest BCUT2D eigenvalue weighted by atomic mass is 35.5. The summed E-state index contributed by atoms with van der Waals surface area (Å²) < 4.78 is 24.3. The van der Waals surface area contributed by atoms with Gasteiger partial charge < -0.3 is 0 Å². The fourth-order valence-corrected chi connectivity index (χ4v) is 3.53. The monoisotopic (exact) mass is 245 g/mol. The number of rotatable bonds is 1. The second-order valence-corrected chi connectivity index (χ2v) is 5.30. The van der Waals surface area contributed by atoms with E-state index in [4.69, 9.17) is 11.6 Å². The van der Waals surface area contributed by atoms with Crippen LogP contribution in [0.4, 0.5) is 0 Å². The van der Waals surface area contributed by atoms with Crippen LogP contribution in [-0.2, 0) is 10.0 Å². The van der Waals surface area contributed by atoms with Crippen LogP contribution in [0.5, 0.6) is 0 Å². The fraction of sp³-hybridized carbons (Fsp3) is 0.222. The minimum atomic E-state index is -3.72. The van der Waals surface area contributed by atoms with Crippen LogP contribution in [0.3, 0.4) is 0 Å². The molecule has 0 N–H and O–H groups in total. The van der Waals surface area contributed by atoms with Gasteiger partial charge in [-0.05, 0) is 18.6 Å². The molecule has 0 atom stereocenters. The van der Waals surface area contributed by atoms with Crippen molar-refractivity contribution in [2.24, 2.45) is 0 Å². The summed E-state index contributed by atoms with van der Waals surface area (Å²) in [6.07, 6.45) is 0. The normalized spacial score (nSPS) is 18.0. The lowest BCUT2D eigenvalue weighted by Gasteiger charge is -2.09. The van der Waals surface area contributed by atoms with Gasteiger partial charge in [-0.1, -0.05) is 12.1 Å². The molecule has 2 rings (SSSR count). The van der Waals surface area contributed by atoms with E-state index in [-0.39, 0.29) is 16.5 Å². The number of carbonyl (C=O) groups excluding carboxylic acids is 1. The van der Waals surface area contributed by atoms with Gasteiger partial charge in [0.2, 0.25) is 0 Å². The Kier molecular flexibility index (Phi) is 2.24. The zero-order chi connectivity index (χ0) is 11.2. The van der Waals surface area contributed by atoms with Gasteiger partial charge in [-0.3, -0.25) is 4.79 Å². The lowest BCUT2D eigenvalue weighted by atomic mass is 10.1. The Labute approximate surface area is 92.5 Å². The molecule has 1 aromatic rings. The molecule has 0 aromatic heterocycles. The first-order valence-electron chi connectivity index (χ1n) is 4.23. The first kappa shape index (κ1) is 10.4. The number of nitrogens with zero attached hydrogens (tertiary/aromatic N) is 1. The average Bonchev–Trinajstić information content (AvgIpc) is 2.36. The molecule has 1 heterocycles. The first-order chi connectivity index (χ1) is 7.00. The molecule has 0 unspecified atom stereocenters. The zero-order valence-corrected chi connectivity index (χ0v) is 9.47. The fourth-order valence-electron chi connectivity index (χ4n) is 1.60. The van der Waals surface area contributed by atoms with E-state index in [0.29, 0.717) is 9.87 Å². The van der Waals surface area contributed by atoms with E-state index in [1.54, 1.807) is 19.1 Å². The molecule has 1 amide bonds. The Bertz CT molecular complexity index is 538. The van der Waals surface area contributed by atoms with Crippen molar-refractivity contribution in [1.29, 1.82) is 0 Å². The van der Waals surface area contributed by atoms with Crippen molar-refractivity contribution in [2.45, 2.75) is 11.8 Å². The molecule has 0 radical (unpaired) electrons. The Balaban J connectivity index is 2.80. The number of hydrogen-bond acceptors (Lipinski definition) is 3. The average molecular weight is 246 g/mol. The van der Waals surface area contributed by atoms with E-state index < -0.39 is 15.9 Å². The molecular formula is C9H8ClNO3S. The van der Waals surface area contributed by atoms with Gasteiger partial charge in [-0.25, -0.2) is 12.7 Å². The second kappa shape index (κ2) is 3.21. The number of benzene rings is 1. The molecule has 0 spiro atoms. The highest BCUT2D eigenvalue weighted by molar-refractivity contribution is 7.90. The van der Waals surface area contributed by atoms with Crippen LogP contribution in [0.15, 0.2) is 23.1 Å². The summed E-state index contributed by atoms with van der Waals surface area (Å²) in [5.41, 5.74) is 0.881. The van der Waals surface area contributed by atoms with E-state index in [1.165, 1.54) is 6.07 Å². The third kappa shape index (κ3) is 1.27. The van der Waals surface area contributed by atoms with E-state index in [0.717, 1.165) is 0 Å². The molecule has 80 valence electrons. The minimum absolute atomic E-state index is 0.0492. The van der Waals surface area contributed by atoms with E-state index in [9.17, 15) is 13.2 Å². The summed E-state index contributed by atoms with van der Waals surface area (Å²) >= 11 is 5.46. The van der Waals surface area contributed by atoms with Gasteiger partial charge >= 0.3 is 0 Å². The Hall–Kier alpha value is -1.07. The molecule has 1 aromatic carbocycles. The lowest BCUT2D eigenvalue weighted by Crippen LogP contribution is -2.28. The second-order valence-electron chi connectivity index (χ2n) is 3.23. The third-order valence-electron chi connectivity index (χ3n) is 2.35. The molecule has 15 heavy (non-hydrogen) atoms. The van der Waals surface area contributed by atoms with Gasteiger partial charge in [0.25, 0.3) is 15.9 Å². The Morgan fingerprint density at radius 2 is 2.07 bits per heavy atom. The van der Waals surface area contributed by atoms with E-state index in [2.05, 4.69) is 0 Å². The van der Waals surface area contributed by atoms with E-state index in [1.807, 2.05) is 0 Å². The Morgan fingerprint density at radius 3 is 2.60 bits per heavy atom. The quantitative estimate of drug-likeness (QED) is 0.554. The highest BCUT2D eigenvalue weighted by Gasteiger charge is 2.41. The molecule has 4 nitrogen and oxygen atoms in total. The maximum atomic E-state index is 11.8. The largest absolute Gasteiger partial charge is 0.270 e. The number of halogens is 1. The summed E-state index contributed by atoms with van der Waals surface area (Å²) in [7, 11) is -3.72. The Morgan fingerprint density at radius 1 is 1.40 bits per heavy atom. The molecule has 6 heteroatoms. The smallest absolute Gasteiger partial charge is 0.268 e. The number of fused-ring (bicyclic) bond motifs is 1. The van der Waals surface area contributed by atoms with Crippen LogP contribution in [-0.4, -0.2) is 24.6 Å². The maximum Gasteiger partial charge on any atom is 0.270 e. The van der Waals surface area contributed by atoms with Crippen LogP contribution in [0, 0.1) is 6.92 Å². The molecule has 0 fully saturated rings. The molecule has 0 saturated heterocycles. The van der Waals surface area contributed by atoms with Crippen molar-refractivity contribution in [3.05, 3.63) is 29.3 Å². The van der Waals surface area contributed by atoms with Crippen molar-refractivity contribution < 1.29 is 13.2 Å².